The van der Waals surface area contributed by atoms with Crippen LogP contribution in [0.4, 0.5) is 0 Å². The van der Waals surface area contributed by atoms with Gasteiger partial charge in [0.15, 0.2) is 5.75 Å². The maximum Gasteiger partial charge on any atom is 0.161 e. The van der Waals surface area contributed by atoms with Crippen LogP contribution in [-0.2, 0) is 16.0 Å². The fourth-order valence-corrected chi connectivity index (χ4v) is 3.19. The van der Waals surface area contributed by atoms with Crippen LogP contribution in [0.3, 0.4) is 0 Å². The Hall–Kier alpha value is -1.11. The third kappa shape index (κ3) is 3.07. The van der Waals surface area contributed by atoms with Crippen LogP contribution in [-0.4, -0.2) is 49.9 Å². The van der Waals surface area contributed by atoms with Gasteiger partial charge in [0.2, 0.25) is 0 Å². The molecule has 1 aliphatic heterocycles. The zero-order valence-corrected chi connectivity index (χ0v) is 13.5. The van der Waals surface area contributed by atoms with Gasteiger partial charge in [-0.1, -0.05) is 6.92 Å². The minimum atomic E-state index is -0.286. The Labute approximate surface area is 126 Å². The standard InChI is InChI=1S/C15H27N3O3/c1-5-8-18-13(12(19-3)11-17-18)14(16-2)15(20-4)6-9-21-10-7-15/h11,14,16H,5-10H2,1-4H3. The predicted octanol–water partition coefficient (Wildman–Crippen LogP) is 1.76. The van der Waals surface area contributed by atoms with E-state index in [0.717, 1.165) is 50.5 Å². The van der Waals surface area contributed by atoms with Crippen molar-refractivity contribution < 1.29 is 14.2 Å². The lowest BCUT2D eigenvalue weighted by Gasteiger charge is -2.42. The van der Waals surface area contributed by atoms with Crippen LogP contribution in [0.2, 0.25) is 0 Å². The predicted molar refractivity (Wildman–Crippen MR) is 80.7 cm³/mol. The molecule has 6 heteroatoms. The van der Waals surface area contributed by atoms with E-state index in [1.165, 1.54) is 0 Å². The van der Waals surface area contributed by atoms with Crippen LogP contribution in [0.1, 0.15) is 37.9 Å². The van der Waals surface area contributed by atoms with Crippen LogP contribution in [0.25, 0.3) is 0 Å². The minimum Gasteiger partial charge on any atom is -0.493 e. The maximum absolute atomic E-state index is 5.95. The Kier molecular flexibility index (Phi) is 5.61. The summed E-state index contributed by atoms with van der Waals surface area (Å²) in [5, 5.41) is 7.89. The fraction of sp³-hybridized carbons (Fsp3) is 0.800. The van der Waals surface area contributed by atoms with Crippen LogP contribution >= 0.6 is 0 Å². The van der Waals surface area contributed by atoms with E-state index in [2.05, 4.69) is 17.3 Å². The van der Waals surface area contributed by atoms with E-state index in [9.17, 15) is 0 Å². The molecule has 0 spiro atoms. The van der Waals surface area contributed by atoms with Crippen molar-refractivity contribution in [2.45, 2.75) is 44.4 Å². The molecule has 0 saturated carbocycles. The lowest BCUT2D eigenvalue weighted by Crippen LogP contribution is -2.49. The monoisotopic (exact) mass is 297 g/mol. The van der Waals surface area contributed by atoms with Crippen LogP contribution in [0, 0.1) is 0 Å². The number of aryl methyl sites for hydroxylation is 1. The number of methoxy groups -OCH3 is 2. The van der Waals surface area contributed by atoms with Gasteiger partial charge in [-0.15, -0.1) is 0 Å². The highest BCUT2D eigenvalue weighted by Crippen LogP contribution is 2.40. The Morgan fingerprint density at radius 3 is 2.67 bits per heavy atom. The van der Waals surface area contributed by atoms with E-state index in [0.29, 0.717) is 0 Å². The summed E-state index contributed by atoms with van der Waals surface area (Å²) in [6.07, 6.45) is 4.53. The highest BCUT2D eigenvalue weighted by Gasteiger charge is 2.43. The molecular formula is C15H27N3O3. The van der Waals surface area contributed by atoms with Gasteiger partial charge in [-0.2, -0.15) is 5.10 Å². The Morgan fingerprint density at radius 1 is 1.43 bits per heavy atom. The highest BCUT2D eigenvalue weighted by atomic mass is 16.5. The molecule has 1 aliphatic rings. The molecule has 0 radical (unpaired) electrons. The van der Waals surface area contributed by atoms with Gasteiger partial charge >= 0.3 is 0 Å². The first-order valence-corrected chi connectivity index (χ1v) is 7.62. The third-order valence-corrected chi connectivity index (χ3v) is 4.33. The number of nitrogens with zero attached hydrogens (tertiary/aromatic N) is 2. The van der Waals surface area contributed by atoms with E-state index in [1.807, 2.05) is 11.7 Å². The molecular weight excluding hydrogens is 270 g/mol. The second-order valence-corrected chi connectivity index (χ2v) is 5.42. The first kappa shape index (κ1) is 16.3. The number of rotatable bonds is 7. The second kappa shape index (κ2) is 7.24. The topological polar surface area (TPSA) is 57.5 Å². The highest BCUT2D eigenvalue weighted by molar-refractivity contribution is 5.31. The largest absolute Gasteiger partial charge is 0.493 e. The molecule has 1 fully saturated rings. The average molecular weight is 297 g/mol. The molecule has 1 N–H and O–H groups in total. The Bertz CT molecular complexity index is 441. The quantitative estimate of drug-likeness (QED) is 0.831. The van der Waals surface area contributed by atoms with Crippen molar-refractivity contribution in [2.75, 3.05) is 34.5 Å². The first-order valence-electron chi connectivity index (χ1n) is 7.62. The van der Waals surface area contributed by atoms with Gasteiger partial charge in [0.1, 0.15) is 5.69 Å². The van der Waals surface area contributed by atoms with Crippen LogP contribution in [0.5, 0.6) is 5.75 Å². The molecule has 21 heavy (non-hydrogen) atoms. The summed E-state index contributed by atoms with van der Waals surface area (Å²) in [6.45, 7) is 4.45. The molecule has 2 heterocycles. The molecule has 1 unspecified atom stereocenters. The molecule has 6 nitrogen and oxygen atoms in total. The minimum absolute atomic E-state index is 0.0235. The maximum atomic E-state index is 5.95. The average Bonchev–Trinajstić information content (AvgIpc) is 2.92. The van der Waals surface area contributed by atoms with Crippen molar-refractivity contribution in [1.29, 1.82) is 0 Å². The van der Waals surface area contributed by atoms with Crippen molar-refractivity contribution in [2.24, 2.45) is 0 Å². The van der Waals surface area contributed by atoms with E-state index in [4.69, 9.17) is 14.2 Å². The number of hydrogen-bond donors (Lipinski definition) is 1. The summed E-state index contributed by atoms with van der Waals surface area (Å²) in [7, 11) is 5.43. The van der Waals surface area contributed by atoms with Crippen LogP contribution in [0.15, 0.2) is 6.20 Å². The molecule has 1 atom stereocenters. The number of ether oxygens (including phenoxy) is 3. The number of aromatic nitrogens is 2. The van der Waals surface area contributed by atoms with Gasteiger partial charge in [0, 0.05) is 39.7 Å². The summed E-state index contributed by atoms with van der Waals surface area (Å²) in [5.41, 5.74) is 0.775. The fourth-order valence-electron chi connectivity index (χ4n) is 3.19. The molecule has 1 saturated heterocycles. The van der Waals surface area contributed by atoms with Gasteiger partial charge in [0.25, 0.3) is 0 Å². The summed E-state index contributed by atoms with van der Waals surface area (Å²) in [6, 6.07) is 0.0235. The molecule has 1 aromatic heterocycles. The first-order chi connectivity index (χ1) is 10.2. The molecule has 0 aromatic carbocycles. The normalized spacial score (nSPS) is 19.4. The summed E-state index contributed by atoms with van der Waals surface area (Å²) >= 11 is 0. The van der Waals surface area contributed by atoms with Crippen molar-refractivity contribution in [3.8, 4) is 5.75 Å². The molecule has 0 amide bonds. The van der Waals surface area contributed by atoms with E-state index in [-0.39, 0.29) is 11.6 Å². The van der Waals surface area contributed by atoms with E-state index in [1.54, 1.807) is 20.4 Å². The summed E-state index contributed by atoms with van der Waals surface area (Å²) < 4.78 is 19.0. The third-order valence-electron chi connectivity index (χ3n) is 4.33. The van der Waals surface area contributed by atoms with Gasteiger partial charge in [-0.05, 0) is 13.5 Å². The van der Waals surface area contributed by atoms with E-state index >= 15 is 0 Å². The molecule has 2 rings (SSSR count). The molecule has 120 valence electrons. The smallest absolute Gasteiger partial charge is 0.161 e. The summed E-state index contributed by atoms with van der Waals surface area (Å²) in [4.78, 5) is 0. The Balaban J connectivity index is 2.41. The number of hydrogen-bond acceptors (Lipinski definition) is 5. The Morgan fingerprint density at radius 2 is 2.14 bits per heavy atom. The number of nitrogens with one attached hydrogen (secondary N) is 1. The van der Waals surface area contributed by atoms with E-state index < -0.39 is 0 Å². The van der Waals surface area contributed by atoms with Gasteiger partial charge < -0.3 is 19.5 Å². The lowest BCUT2D eigenvalue weighted by molar-refractivity contribution is -0.112. The number of likely N-dealkylation sites (N-methyl/N-ethyl adjacent to an activating group) is 1. The van der Waals surface area contributed by atoms with Crippen LogP contribution < -0.4 is 10.1 Å². The summed E-state index contributed by atoms with van der Waals surface area (Å²) in [5.74, 6) is 0.811. The van der Waals surface area contributed by atoms with Crippen molar-refractivity contribution in [1.82, 2.24) is 15.1 Å². The zero-order chi connectivity index (χ0) is 15.3. The van der Waals surface area contributed by atoms with Crippen molar-refractivity contribution in [3.63, 3.8) is 0 Å². The van der Waals surface area contributed by atoms with Crippen molar-refractivity contribution in [3.05, 3.63) is 11.9 Å². The second-order valence-electron chi connectivity index (χ2n) is 5.42. The van der Waals surface area contributed by atoms with Gasteiger partial charge in [0.05, 0.1) is 24.9 Å². The SMILES string of the molecule is CCCn1ncc(OC)c1C(NC)C1(OC)CCOCC1. The van der Waals surface area contributed by atoms with Gasteiger partial charge in [-0.25, -0.2) is 0 Å². The van der Waals surface area contributed by atoms with Crippen molar-refractivity contribution >= 4 is 0 Å². The van der Waals surface area contributed by atoms with Gasteiger partial charge in [-0.3, -0.25) is 4.68 Å². The zero-order valence-electron chi connectivity index (χ0n) is 13.5. The lowest BCUT2D eigenvalue weighted by atomic mass is 9.84. The molecule has 0 aliphatic carbocycles. The molecule has 1 aromatic rings. The molecule has 0 bridgehead atoms.